The van der Waals surface area contributed by atoms with Gasteiger partial charge in [0.05, 0.1) is 11.0 Å². The lowest BCUT2D eigenvalue weighted by Gasteiger charge is -2.32. The molecule has 0 unspecified atom stereocenters. The number of hydrogen-bond acceptors (Lipinski definition) is 4. The molecule has 1 aliphatic heterocycles. The van der Waals surface area contributed by atoms with Gasteiger partial charge in [-0.15, -0.1) is 0 Å². The third-order valence-electron chi connectivity index (χ3n) is 8.36. The zero-order valence-corrected chi connectivity index (χ0v) is 22.9. The van der Waals surface area contributed by atoms with E-state index in [0.717, 1.165) is 69.4 Å². The van der Waals surface area contributed by atoms with Gasteiger partial charge in [-0.05, 0) is 95.3 Å². The van der Waals surface area contributed by atoms with Gasteiger partial charge >= 0.3 is 0 Å². The second-order valence-electron chi connectivity index (χ2n) is 10.8. The smallest absolute Gasteiger partial charge is 0.257 e. The van der Waals surface area contributed by atoms with Gasteiger partial charge in [-0.3, -0.25) is 19.8 Å². The molecule has 7 heteroatoms. The molecule has 1 N–H and O–H groups in total. The third-order valence-corrected chi connectivity index (χ3v) is 8.36. The highest BCUT2D eigenvalue weighted by molar-refractivity contribution is 6.04. The Morgan fingerprint density at radius 3 is 2.34 bits per heavy atom. The minimum atomic E-state index is -0.152. The first-order valence-electron chi connectivity index (χ1n) is 14.5. The number of fused-ring (bicyclic) bond motifs is 1. The molecular formula is C31H41N5O2. The molecule has 0 radical (unpaired) electrons. The lowest BCUT2D eigenvalue weighted by atomic mass is 9.85. The average molecular weight is 516 g/mol. The summed E-state index contributed by atoms with van der Waals surface area (Å²) in [6.45, 7) is 8.87. The summed E-state index contributed by atoms with van der Waals surface area (Å²) in [5.41, 5.74) is 3.87. The Labute approximate surface area is 226 Å². The number of amides is 2. The fraction of sp³-hybridized carbons (Fsp3) is 0.516. The largest absolute Gasteiger partial charge is 0.343 e. The van der Waals surface area contributed by atoms with Crippen LogP contribution in [0.3, 0.4) is 0 Å². The fourth-order valence-electron chi connectivity index (χ4n) is 6.21. The molecule has 0 atom stereocenters. The molecule has 0 bridgehead atoms. The van der Waals surface area contributed by atoms with Crippen LogP contribution in [0.4, 0.5) is 5.95 Å². The van der Waals surface area contributed by atoms with Crippen molar-refractivity contribution in [1.82, 2.24) is 19.4 Å². The number of piperidine rings is 1. The predicted molar refractivity (Wildman–Crippen MR) is 152 cm³/mol. The van der Waals surface area contributed by atoms with Crippen LogP contribution in [0.5, 0.6) is 0 Å². The molecule has 1 aliphatic carbocycles. The summed E-state index contributed by atoms with van der Waals surface area (Å²) >= 11 is 0. The Morgan fingerprint density at radius 2 is 1.66 bits per heavy atom. The number of aromatic nitrogens is 2. The van der Waals surface area contributed by atoms with Gasteiger partial charge in [-0.2, -0.15) is 0 Å². The Kier molecular flexibility index (Phi) is 8.42. The minimum Gasteiger partial charge on any atom is -0.343 e. The number of nitrogens with one attached hydrogen (secondary N) is 1. The number of likely N-dealkylation sites (tertiary alicyclic amines) is 1. The van der Waals surface area contributed by atoms with Crippen molar-refractivity contribution < 1.29 is 9.59 Å². The van der Waals surface area contributed by atoms with Gasteiger partial charge in [0.25, 0.3) is 5.91 Å². The Hall–Kier alpha value is -3.19. The molecule has 1 saturated carbocycles. The van der Waals surface area contributed by atoms with Crippen LogP contribution in [-0.2, 0) is 11.3 Å². The van der Waals surface area contributed by atoms with E-state index in [0.29, 0.717) is 11.5 Å². The highest BCUT2D eigenvalue weighted by Gasteiger charge is 2.31. The van der Waals surface area contributed by atoms with Gasteiger partial charge in [0.2, 0.25) is 11.9 Å². The van der Waals surface area contributed by atoms with E-state index in [1.807, 2.05) is 49.1 Å². The Bertz CT molecular complexity index is 1240. The van der Waals surface area contributed by atoms with Crippen LogP contribution in [0.15, 0.2) is 48.5 Å². The summed E-state index contributed by atoms with van der Waals surface area (Å²) in [7, 11) is 0. The van der Waals surface area contributed by atoms with Crippen LogP contribution >= 0.6 is 0 Å². The summed E-state index contributed by atoms with van der Waals surface area (Å²) < 4.78 is 2.24. The Morgan fingerprint density at radius 1 is 0.947 bits per heavy atom. The quantitative estimate of drug-likeness (QED) is 0.407. The van der Waals surface area contributed by atoms with E-state index in [1.54, 1.807) is 0 Å². The van der Waals surface area contributed by atoms with E-state index in [4.69, 9.17) is 4.98 Å². The monoisotopic (exact) mass is 515 g/mol. The van der Waals surface area contributed by atoms with E-state index in [-0.39, 0.29) is 23.8 Å². The molecule has 2 amide bonds. The number of benzene rings is 2. The standard InChI is InChI=1S/C31H41N5O2/c1-3-35(4-2)30(38)25-14-16-26(17-15-25)36-28-21-23(22-34-19-9-6-10-20-34)13-18-27(28)32-31(36)33-29(37)24-11-7-5-8-12-24/h5,7-8,11-13,18,21,25-26H,3-4,6,9-10,14-17,19-20,22H2,1-2H3,(H,32,33,37)/t25-,26+. The molecule has 3 aromatic rings. The van der Waals surface area contributed by atoms with Crippen molar-refractivity contribution in [2.24, 2.45) is 5.92 Å². The summed E-state index contributed by atoms with van der Waals surface area (Å²) in [5.74, 6) is 0.812. The first kappa shape index (κ1) is 26.4. The molecule has 0 spiro atoms. The van der Waals surface area contributed by atoms with Gasteiger partial charge < -0.3 is 9.47 Å². The second kappa shape index (κ2) is 12.1. The molecule has 38 heavy (non-hydrogen) atoms. The minimum absolute atomic E-state index is 0.0814. The molecule has 7 nitrogen and oxygen atoms in total. The van der Waals surface area contributed by atoms with Crippen molar-refractivity contribution in [3.63, 3.8) is 0 Å². The average Bonchev–Trinajstić information content (AvgIpc) is 3.31. The van der Waals surface area contributed by atoms with Crippen LogP contribution in [0.25, 0.3) is 11.0 Å². The number of carbonyl (C=O) groups is 2. The van der Waals surface area contributed by atoms with Crippen molar-refractivity contribution in [3.05, 3.63) is 59.7 Å². The van der Waals surface area contributed by atoms with Gasteiger partial charge in [0.1, 0.15) is 0 Å². The summed E-state index contributed by atoms with van der Waals surface area (Å²) in [6.07, 6.45) is 7.38. The normalized spacial score (nSPS) is 20.4. The summed E-state index contributed by atoms with van der Waals surface area (Å²) in [6, 6.07) is 16.0. The van der Waals surface area contributed by atoms with Gasteiger partial charge in [0, 0.05) is 37.2 Å². The van der Waals surface area contributed by atoms with Crippen molar-refractivity contribution in [3.8, 4) is 0 Å². The van der Waals surface area contributed by atoms with E-state index in [2.05, 4.69) is 33.0 Å². The molecule has 202 valence electrons. The molecule has 2 fully saturated rings. The maximum absolute atomic E-state index is 13.1. The van der Waals surface area contributed by atoms with E-state index in [1.165, 1.54) is 24.8 Å². The maximum Gasteiger partial charge on any atom is 0.257 e. The summed E-state index contributed by atoms with van der Waals surface area (Å²) in [5, 5.41) is 3.11. The number of carbonyl (C=O) groups excluding carboxylic acids is 2. The number of imidazole rings is 1. The molecule has 1 aromatic heterocycles. The zero-order valence-electron chi connectivity index (χ0n) is 22.9. The number of hydrogen-bond donors (Lipinski definition) is 1. The second-order valence-corrected chi connectivity index (χ2v) is 10.8. The van der Waals surface area contributed by atoms with Crippen LogP contribution in [-0.4, -0.2) is 57.3 Å². The van der Waals surface area contributed by atoms with Gasteiger partial charge in [-0.1, -0.05) is 30.7 Å². The molecule has 2 aliphatic rings. The van der Waals surface area contributed by atoms with E-state index in [9.17, 15) is 9.59 Å². The van der Waals surface area contributed by atoms with Crippen LogP contribution in [0.1, 0.15) is 80.8 Å². The van der Waals surface area contributed by atoms with Crippen molar-refractivity contribution in [1.29, 1.82) is 0 Å². The molecule has 2 heterocycles. The molecular weight excluding hydrogens is 474 g/mol. The molecule has 2 aromatic carbocycles. The van der Waals surface area contributed by atoms with Crippen molar-refractivity contribution in [2.75, 3.05) is 31.5 Å². The molecule has 1 saturated heterocycles. The number of nitrogens with zero attached hydrogens (tertiary/aromatic N) is 4. The number of rotatable bonds is 8. The van der Waals surface area contributed by atoms with E-state index >= 15 is 0 Å². The third kappa shape index (κ3) is 5.78. The summed E-state index contributed by atoms with van der Waals surface area (Å²) in [4.78, 5) is 35.5. The highest BCUT2D eigenvalue weighted by Crippen LogP contribution is 2.38. The molecule has 5 rings (SSSR count). The van der Waals surface area contributed by atoms with Crippen LogP contribution in [0, 0.1) is 5.92 Å². The van der Waals surface area contributed by atoms with Gasteiger partial charge in [0.15, 0.2) is 0 Å². The SMILES string of the molecule is CCN(CC)C(=O)[C@H]1CC[C@@H](n2c(NC(=O)c3ccccc3)nc3ccc(CN4CCCCC4)cc32)CC1. The van der Waals surface area contributed by atoms with Crippen molar-refractivity contribution >= 4 is 28.8 Å². The maximum atomic E-state index is 13.1. The number of anilines is 1. The van der Waals surface area contributed by atoms with Crippen molar-refractivity contribution in [2.45, 2.75) is 71.4 Å². The first-order chi connectivity index (χ1) is 18.6. The predicted octanol–water partition coefficient (Wildman–Crippen LogP) is 5.87. The van der Waals surface area contributed by atoms with Crippen LogP contribution in [0.2, 0.25) is 0 Å². The van der Waals surface area contributed by atoms with E-state index < -0.39 is 0 Å². The zero-order chi connectivity index (χ0) is 26.5. The first-order valence-corrected chi connectivity index (χ1v) is 14.5. The Balaban J connectivity index is 1.43. The van der Waals surface area contributed by atoms with Gasteiger partial charge in [-0.25, -0.2) is 4.98 Å². The highest BCUT2D eigenvalue weighted by atomic mass is 16.2. The lowest BCUT2D eigenvalue weighted by Crippen LogP contribution is -2.37. The fourth-order valence-corrected chi connectivity index (χ4v) is 6.21. The topological polar surface area (TPSA) is 70.5 Å². The van der Waals surface area contributed by atoms with Crippen LogP contribution < -0.4 is 5.32 Å². The lowest BCUT2D eigenvalue weighted by molar-refractivity contribution is -0.136.